The second-order valence-electron chi connectivity index (χ2n) is 6.17. The number of aliphatic hydroxyl groups excluding tert-OH is 1. The molecule has 0 saturated heterocycles. The highest BCUT2D eigenvalue weighted by molar-refractivity contribution is 5.79. The maximum Gasteiger partial charge on any atom is 0.235 e. The predicted octanol–water partition coefficient (Wildman–Crippen LogP) is 1.42. The Labute approximate surface area is 122 Å². The topological polar surface area (TPSA) is 76.4 Å². The van der Waals surface area contributed by atoms with E-state index in [1.807, 2.05) is 18.7 Å². The summed E-state index contributed by atoms with van der Waals surface area (Å²) in [6, 6.07) is 2.47. The zero-order valence-electron chi connectivity index (χ0n) is 12.9. The fourth-order valence-electron chi connectivity index (χ4n) is 2.71. The summed E-state index contributed by atoms with van der Waals surface area (Å²) >= 11 is 0. The number of nitriles is 1. The lowest BCUT2D eigenvalue weighted by Gasteiger charge is -2.33. The number of rotatable bonds is 6. The first-order valence-electron chi connectivity index (χ1n) is 7.53. The van der Waals surface area contributed by atoms with Crippen LogP contribution in [0, 0.1) is 11.3 Å². The fraction of sp³-hybridized carbons (Fsp3) is 0.867. The molecule has 5 heteroatoms. The van der Waals surface area contributed by atoms with E-state index in [0.717, 1.165) is 32.1 Å². The number of hydrogen-bond acceptors (Lipinski definition) is 4. The molecule has 0 spiro atoms. The van der Waals surface area contributed by atoms with E-state index < -0.39 is 11.6 Å². The average Bonchev–Trinajstić information content (AvgIpc) is 2.38. The molecule has 0 aromatic heterocycles. The Morgan fingerprint density at radius 2 is 1.95 bits per heavy atom. The molecule has 1 atom stereocenters. The molecule has 1 unspecified atom stereocenters. The highest BCUT2D eigenvalue weighted by atomic mass is 16.3. The lowest BCUT2D eigenvalue weighted by Crippen LogP contribution is -2.53. The SMILES string of the molecule is CC(O)CN(CC(=O)NC1(C#N)CCCCC1)C(C)C. The lowest BCUT2D eigenvalue weighted by atomic mass is 9.83. The normalized spacial score (nSPS) is 19.6. The summed E-state index contributed by atoms with van der Waals surface area (Å²) in [5.41, 5.74) is -0.678. The summed E-state index contributed by atoms with van der Waals surface area (Å²) in [4.78, 5) is 14.1. The summed E-state index contributed by atoms with van der Waals surface area (Å²) in [6.07, 6.45) is 4.15. The highest BCUT2D eigenvalue weighted by Gasteiger charge is 2.34. The Balaban J connectivity index is 2.58. The lowest BCUT2D eigenvalue weighted by molar-refractivity contribution is -0.124. The van der Waals surface area contributed by atoms with Crippen LogP contribution in [-0.4, -0.2) is 46.7 Å². The molecule has 1 fully saturated rings. The Morgan fingerprint density at radius 3 is 2.40 bits per heavy atom. The second-order valence-corrected chi connectivity index (χ2v) is 6.17. The van der Waals surface area contributed by atoms with Crippen molar-refractivity contribution < 1.29 is 9.90 Å². The molecule has 0 aromatic carbocycles. The predicted molar refractivity (Wildman–Crippen MR) is 78.0 cm³/mol. The van der Waals surface area contributed by atoms with Crippen molar-refractivity contribution >= 4 is 5.91 Å². The van der Waals surface area contributed by atoms with Gasteiger partial charge in [-0.15, -0.1) is 0 Å². The van der Waals surface area contributed by atoms with Gasteiger partial charge in [0.15, 0.2) is 0 Å². The number of hydrogen-bond donors (Lipinski definition) is 2. The van der Waals surface area contributed by atoms with Crippen molar-refractivity contribution in [3.63, 3.8) is 0 Å². The van der Waals surface area contributed by atoms with Crippen molar-refractivity contribution in [2.75, 3.05) is 13.1 Å². The summed E-state index contributed by atoms with van der Waals surface area (Å²) in [5.74, 6) is -0.122. The molecule has 0 aromatic rings. The van der Waals surface area contributed by atoms with Gasteiger partial charge in [0, 0.05) is 12.6 Å². The molecule has 0 heterocycles. The van der Waals surface area contributed by atoms with Gasteiger partial charge in [0.05, 0.1) is 18.7 Å². The molecule has 1 rings (SSSR count). The number of carbonyl (C=O) groups is 1. The zero-order valence-corrected chi connectivity index (χ0v) is 12.9. The van der Waals surface area contributed by atoms with Gasteiger partial charge in [0.25, 0.3) is 0 Å². The van der Waals surface area contributed by atoms with Crippen LogP contribution in [0.2, 0.25) is 0 Å². The Kier molecular flexibility index (Phi) is 6.44. The van der Waals surface area contributed by atoms with Gasteiger partial charge in [0.2, 0.25) is 5.91 Å². The van der Waals surface area contributed by atoms with Crippen LogP contribution in [0.5, 0.6) is 0 Å². The minimum absolute atomic E-state index is 0.122. The molecular formula is C15H27N3O2. The van der Waals surface area contributed by atoms with Gasteiger partial charge in [-0.1, -0.05) is 19.3 Å². The number of nitrogens with zero attached hydrogens (tertiary/aromatic N) is 2. The van der Waals surface area contributed by atoms with Crippen LogP contribution in [0.15, 0.2) is 0 Å². The van der Waals surface area contributed by atoms with E-state index >= 15 is 0 Å². The minimum Gasteiger partial charge on any atom is -0.392 e. The van der Waals surface area contributed by atoms with E-state index in [1.165, 1.54) is 0 Å². The van der Waals surface area contributed by atoms with Crippen LogP contribution in [-0.2, 0) is 4.79 Å². The Bertz CT molecular complexity index is 355. The van der Waals surface area contributed by atoms with E-state index in [9.17, 15) is 15.2 Å². The number of aliphatic hydroxyl groups is 1. The van der Waals surface area contributed by atoms with Crippen molar-refractivity contribution in [3.8, 4) is 6.07 Å². The van der Waals surface area contributed by atoms with Gasteiger partial charge < -0.3 is 10.4 Å². The van der Waals surface area contributed by atoms with Crippen molar-refractivity contribution in [2.45, 2.75) is 70.6 Å². The van der Waals surface area contributed by atoms with Crippen molar-refractivity contribution in [2.24, 2.45) is 0 Å². The van der Waals surface area contributed by atoms with Crippen LogP contribution in [0.4, 0.5) is 0 Å². The Morgan fingerprint density at radius 1 is 1.35 bits per heavy atom. The summed E-state index contributed by atoms with van der Waals surface area (Å²) < 4.78 is 0. The first-order chi connectivity index (χ1) is 9.38. The smallest absolute Gasteiger partial charge is 0.235 e. The maximum absolute atomic E-state index is 12.2. The van der Waals surface area contributed by atoms with E-state index in [1.54, 1.807) is 6.92 Å². The van der Waals surface area contributed by atoms with Gasteiger partial charge in [-0.3, -0.25) is 9.69 Å². The van der Waals surface area contributed by atoms with Crippen molar-refractivity contribution in [3.05, 3.63) is 0 Å². The third-order valence-electron chi connectivity index (χ3n) is 3.88. The quantitative estimate of drug-likeness (QED) is 0.772. The summed E-state index contributed by atoms with van der Waals surface area (Å²) in [6.45, 7) is 6.40. The third-order valence-corrected chi connectivity index (χ3v) is 3.88. The summed E-state index contributed by atoms with van der Waals surface area (Å²) in [7, 11) is 0. The van der Waals surface area contributed by atoms with E-state index in [0.29, 0.717) is 6.54 Å². The number of carbonyl (C=O) groups excluding carboxylic acids is 1. The number of nitrogens with one attached hydrogen (secondary N) is 1. The standard InChI is InChI=1S/C15H27N3O2/c1-12(2)18(9-13(3)19)10-14(20)17-15(11-16)7-5-4-6-8-15/h12-13,19H,4-10H2,1-3H3,(H,17,20). The first-order valence-corrected chi connectivity index (χ1v) is 7.53. The van der Waals surface area contributed by atoms with E-state index in [-0.39, 0.29) is 18.5 Å². The molecule has 0 bridgehead atoms. The largest absolute Gasteiger partial charge is 0.392 e. The second kappa shape index (κ2) is 7.61. The van der Waals surface area contributed by atoms with Gasteiger partial charge in [-0.05, 0) is 33.6 Å². The third kappa shape index (κ3) is 5.10. The van der Waals surface area contributed by atoms with Crippen LogP contribution in [0.1, 0.15) is 52.9 Å². The molecule has 2 N–H and O–H groups in total. The van der Waals surface area contributed by atoms with Gasteiger partial charge in [-0.2, -0.15) is 5.26 Å². The highest BCUT2D eigenvalue weighted by Crippen LogP contribution is 2.27. The van der Waals surface area contributed by atoms with Crippen LogP contribution in [0.3, 0.4) is 0 Å². The molecular weight excluding hydrogens is 254 g/mol. The summed E-state index contributed by atoms with van der Waals surface area (Å²) in [5, 5.41) is 21.8. The van der Waals surface area contributed by atoms with E-state index in [4.69, 9.17) is 0 Å². The molecule has 5 nitrogen and oxygen atoms in total. The van der Waals surface area contributed by atoms with Crippen molar-refractivity contribution in [1.82, 2.24) is 10.2 Å². The molecule has 1 saturated carbocycles. The van der Waals surface area contributed by atoms with Crippen LogP contribution >= 0.6 is 0 Å². The monoisotopic (exact) mass is 281 g/mol. The number of amides is 1. The van der Waals surface area contributed by atoms with Gasteiger partial charge in [0.1, 0.15) is 5.54 Å². The van der Waals surface area contributed by atoms with Crippen molar-refractivity contribution in [1.29, 1.82) is 5.26 Å². The molecule has 1 amide bonds. The fourth-order valence-corrected chi connectivity index (χ4v) is 2.71. The maximum atomic E-state index is 12.2. The molecule has 0 radical (unpaired) electrons. The molecule has 0 aliphatic heterocycles. The molecule has 1 aliphatic carbocycles. The molecule has 114 valence electrons. The van der Waals surface area contributed by atoms with E-state index in [2.05, 4.69) is 11.4 Å². The van der Waals surface area contributed by atoms with Gasteiger partial charge >= 0.3 is 0 Å². The Hall–Kier alpha value is -1.12. The average molecular weight is 281 g/mol. The van der Waals surface area contributed by atoms with Crippen LogP contribution in [0.25, 0.3) is 0 Å². The molecule has 20 heavy (non-hydrogen) atoms. The minimum atomic E-state index is -0.678. The van der Waals surface area contributed by atoms with Gasteiger partial charge in [-0.25, -0.2) is 0 Å². The van der Waals surface area contributed by atoms with Crippen LogP contribution < -0.4 is 5.32 Å². The molecule has 1 aliphatic rings. The first kappa shape index (κ1) is 16.9. The zero-order chi connectivity index (χ0) is 15.2.